The quantitative estimate of drug-likeness (QED) is 0.891. The zero-order valence-corrected chi connectivity index (χ0v) is 11.8. The van der Waals surface area contributed by atoms with E-state index in [1.807, 2.05) is 42.2 Å². The van der Waals surface area contributed by atoms with Gasteiger partial charge in [-0.25, -0.2) is 0 Å². The van der Waals surface area contributed by atoms with E-state index in [1.54, 1.807) is 0 Å². The first-order chi connectivity index (χ1) is 8.74. The van der Waals surface area contributed by atoms with Crippen molar-refractivity contribution < 1.29 is 0 Å². The number of anilines is 1. The van der Waals surface area contributed by atoms with Crippen molar-refractivity contribution in [3.05, 3.63) is 35.5 Å². The Labute approximate surface area is 116 Å². The third-order valence-corrected chi connectivity index (χ3v) is 4.96. The summed E-state index contributed by atoms with van der Waals surface area (Å²) in [5.74, 6) is 1.16. The summed E-state index contributed by atoms with van der Waals surface area (Å²) < 4.78 is 0. The summed E-state index contributed by atoms with van der Waals surface area (Å²) in [5, 5.41) is 6.12. The van der Waals surface area contributed by atoms with Gasteiger partial charge in [0.05, 0.1) is 16.2 Å². The van der Waals surface area contributed by atoms with Gasteiger partial charge in [0, 0.05) is 28.6 Å². The molecule has 0 radical (unpaired) electrons. The molecule has 4 heteroatoms. The fourth-order valence-electron chi connectivity index (χ4n) is 2.39. The third kappa shape index (κ3) is 2.29. The second kappa shape index (κ2) is 4.98. The van der Waals surface area contributed by atoms with Crippen LogP contribution in [0.2, 0.25) is 5.02 Å². The topological polar surface area (TPSA) is 24.9 Å². The van der Waals surface area contributed by atoms with E-state index in [-0.39, 0.29) is 0 Å². The van der Waals surface area contributed by atoms with Crippen molar-refractivity contribution in [2.75, 3.05) is 11.1 Å². The van der Waals surface area contributed by atoms with Gasteiger partial charge in [-0.2, -0.15) is 11.8 Å². The fourth-order valence-corrected chi connectivity index (χ4v) is 3.76. The zero-order chi connectivity index (χ0) is 12.5. The van der Waals surface area contributed by atoms with Crippen LogP contribution in [0.1, 0.15) is 13.3 Å². The van der Waals surface area contributed by atoms with Crippen molar-refractivity contribution in [2.45, 2.75) is 24.6 Å². The molecule has 18 heavy (non-hydrogen) atoms. The fraction of sp³-hybridized carbons (Fsp3) is 0.357. The van der Waals surface area contributed by atoms with Gasteiger partial charge in [0.1, 0.15) is 0 Å². The van der Waals surface area contributed by atoms with Crippen molar-refractivity contribution in [1.82, 2.24) is 4.98 Å². The molecule has 2 aromatic rings. The number of pyridine rings is 1. The lowest BCUT2D eigenvalue weighted by atomic mass is 10.1. The van der Waals surface area contributed by atoms with Crippen molar-refractivity contribution >= 4 is 40.0 Å². The summed E-state index contributed by atoms with van der Waals surface area (Å²) in [6, 6.07) is 8.45. The van der Waals surface area contributed by atoms with E-state index in [9.17, 15) is 0 Å². The molecule has 1 N–H and O–H groups in total. The van der Waals surface area contributed by atoms with Crippen LogP contribution in [0, 0.1) is 0 Å². The monoisotopic (exact) mass is 278 g/mol. The van der Waals surface area contributed by atoms with Gasteiger partial charge in [0.15, 0.2) is 0 Å². The summed E-state index contributed by atoms with van der Waals surface area (Å²) in [6.07, 6.45) is 3.03. The van der Waals surface area contributed by atoms with Crippen LogP contribution in [0.4, 0.5) is 5.69 Å². The summed E-state index contributed by atoms with van der Waals surface area (Å²) >= 11 is 8.22. The van der Waals surface area contributed by atoms with Gasteiger partial charge in [0.2, 0.25) is 0 Å². The highest BCUT2D eigenvalue weighted by atomic mass is 35.5. The Bertz CT molecular complexity index is 573. The van der Waals surface area contributed by atoms with Gasteiger partial charge in [-0.05, 0) is 30.7 Å². The van der Waals surface area contributed by atoms with Gasteiger partial charge in [-0.15, -0.1) is 0 Å². The number of halogens is 1. The van der Waals surface area contributed by atoms with E-state index in [4.69, 9.17) is 11.6 Å². The summed E-state index contributed by atoms with van der Waals surface area (Å²) in [6.45, 7) is 2.28. The number of thioether (sulfide) groups is 1. The molecular formula is C14H15ClN2S. The second-order valence-corrected chi connectivity index (χ2v) is 6.59. The molecule has 1 aliphatic rings. The molecule has 0 aliphatic carbocycles. The van der Waals surface area contributed by atoms with Crippen LogP contribution >= 0.6 is 23.4 Å². The lowest BCUT2D eigenvalue weighted by Crippen LogP contribution is -2.19. The summed E-state index contributed by atoms with van der Waals surface area (Å²) in [4.78, 5) is 4.45. The summed E-state index contributed by atoms with van der Waals surface area (Å²) in [7, 11) is 0. The van der Waals surface area contributed by atoms with E-state index >= 15 is 0 Å². The third-order valence-electron chi connectivity index (χ3n) is 3.27. The van der Waals surface area contributed by atoms with Gasteiger partial charge >= 0.3 is 0 Å². The second-order valence-electron chi connectivity index (χ2n) is 4.72. The molecule has 1 saturated heterocycles. The average molecular weight is 279 g/mol. The van der Waals surface area contributed by atoms with Crippen LogP contribution in [-0.4, -0.2) is 22.0 Å². The van der Waals surface area contributed by atoms with E-state index in [1.165, 1.54) is 6.42 Å². The number of aromatic nitrogens is 1. The number of rotatable bonds is 2. The van der Waals surface area contributed by atoms with Crippen LogP contribution in [0.25, 0.3) is 10.9 Å². The molecule has 1 aromatic heterocycles. The molecule has 3 rings (SSSR count). The molecule has 1 fully saturated rings. The molecule has 0 amide bonds. The lowest BCUT2D eigenvalue weighted by molar-refractivity contribution is 0.748. The van der Waals surface area contributed by atoms with Crippen molar-refractivity contribution in [1.29, 1.82) is 0 Å². The first kappa shape index (κ1) is 12.1. The number of hydrogen-bond acceptors (Lipinski definition) is 3. The van der Waals surface area contributed by atoms with E-state index < -0.39 is 0 Å². The Morgan fingerprint density at radius 2 is 2.28 bits per heavy atom. The SMILES string of the molecule is CC1CC(Nc2ccc(Cl)c3cccnc23)CS1. The highest BCUT2D eigenvalue weighted by molar-refractivity contribution is 8.00. The first-order valence-corrected chi connectivity index (χ1v) is 7.58. The largest absolute Gasteiger partial charge is 0.380 e. The maximum absolute atomic E-state index is 6.20. The normalized spacial score (nSPS) is 23.4. The zero-order valence-electron chi connectivity index (χ0n) is 10.2. The van der Waals surface area contributed by atoms with Gasteiger partial charge in [0.25, 0.3) is 0 Å². The Kier molecular flexibility index (Phi) is 3.35. The molecule has 0 bridgehead atoms. The number of hydrogen-bond donors (Lipinski definition) is 1. The van der Waals surface area contributed by atoms with Crippen LogP contribution in [0.15, 0.2) is 30.5 Å². The number of fused-ring (bicyclic) bond motifs is 1. The van der Waals surface area contributed by atoms with E-state index in [0.717, 1.165) is 32.6 Å². The Hall–Kier alpha value is -0.930. The standard InChI is InChI=1S/C14H15ClN2S/c1-9-7-10(8-18-9)17-13-5-4-12(15)11-3-2-6-16-14(11)13/h2-6,9-10,17H,7-8H2,1H3. The molecule has 2 heterocycles. The predicted octanol–water partition coefficient (Wildman–Crippen LogP) is 4.19. The van der Waals surface area contributed by atoms with Gasteiger partial charge in [-0.1, -0.05) is 18.5 Å². The van der Waals surface area contributed by atoms with Crippen molar-refractivity contribution in [3.8, 4) is 0 Å². The minimum absolute atomic E-state index is 0.538. The maximum Gasteiger partial charge on any atom is 0.0948 e. The molecule has 0 spiro atoms. The molecule has 2 unspecified atom stereocenters. The van der Waals surface area contributed by atoms with Crippen LogP contribution in [-0.2, 0) is 0 Å². The molecule has 2 nitrogen and oxygen atoms in total. The number of benzene rings is 1. The van der Waals surface area contributed by atoms with Gasteiger partial charge in [-0.3, -0.25) is 4.98 Å². The minimum Gasteiger partial charge on any atom is -0.380 e. The smallest absolute Gasteiger partial charge is 0.0948 e. The lowest BCUT2D eigenvalue weighted by Gasteiger charge is -2.15. The molecular weight excluding hydrogens is 264 g/mol. The summed E-state index contributed by atoms with van der Waals surface area (Å²) in [5.41, 5.74) is 2.06. The Morgan fingerprint density at radius 3 is 3.06 bits per heavy atom. The number of nitrogens with one attached hydrogen (secondary N) is 1. The highest BCUT2D eigenvalue weighted by Crippen LogP contribution is 2.32. The maximum atomic E-state index is 6.20. The van der Waals surface area contributed by atoms with Crippen LogP contribution in [0.5, 0.6) is 0 Å². The molecule has 0 saturated carbocycles. The average Bonchev–Trinajstić information content (AvgIpc) is 2.79. The van der Waals surface area contributed by atoms with Gasteiger partial charge < -0.3 is 5.32 Å². The first-order valence-electron chi connectivity index (χ1n) is 6.15. The Balaban J connectivity index is 1.95. The predicted molar refractivity (Wildman–Crippen MR) is 80.7 cm³/mol. The van der Waals surface area contributed by atoms with E-state index in [2.05, 4.69) is 17.2 Å². The van der Waals surface area contributed by atoms with Crippen LogP contribution < -0.4 is 5.32 Å². The molecule has 1 aromatic carbocycles. The van der Waals surface area contributed by atoms with Crippen LogP contribution in [0.3, 0.4) is 0 Å². The minimum atomic E-state index is 0.538. The van der Waals surface area contributed by atoms with Crippen molar-refractivity contribution in [3.63, 3.8) is 0 Å². The Morgan fingerprint density at radius 1 is 1.39 bits per heavy atom. The molecule has 1 aliphatic heterocycles. The van der Waals surface area contributed by atoms with Crippen molar-refractivity contribution in [2.24, 2.45) is 0 Å². The molecule has 94 valence electrons. The number of nitrogens with zero attached hydrogens (tertiary/aromatic N) is 1. The highest BCUT2D eigenvalue weighted by Gasteiger charge is 2.22. The van der Waals surface area contributed by atoms with E-state index in [0.29, 0.717) is 6.04 Å². The molecule has 2 atom stereocenters.